The average Bonchev–Trinajstić information content (AvgIpc) is 3.49. The number of aromatic nitrogens is 1. The van der Waals surface area contributed by atoms with E-state index in [2.05, 4.69) is 18.9 Å². The first kappa shape index (κ1) is 22.1. The highest BCUT2D eigenvalue weighted by Crippen LogP contribution is 2.44. The number of anilines is 1. The summed E-state index contributed by atoms with van der Waals surface area (Å²) in [7, 11) is 3.71. The van der Waals surface area contributed by atoms with Gasteiger partial charge in [-0.05, 0) is 68.0 Å². The van der Waals surface area contributed by atoms with Crippen LogP contribution in [-0.2, 0) is 0 Å². The molecule has 3 nitrogen and oxygen atoms in total. The molecule has 4 rings (SSSR count). The number of rotatable bonds is 7. The van der Waals surface area contributed by atoms with E-state index in [4.69, 9.17) is 21.3 Å². The first-order valence-electron chi connectivity index (χ1n) is 10.6. The monoisotopic (exact) mass is 458 g/mol. The summed E-state index contributed by atoms with van der Waals surface area (Å²) in [5, 5.41) is 1.55. The molecule has 164 valence electrons. The van der Waals surface area contributed by atoms with Gasteiger partial charge in [-0.2, -0.15) is 0 Å². The van der Waals surface area contributed by atoms with Gasteiger partial charge in [0.05, 0.1) is 23.9 Å². The molecule has 6 heteroatoms. The number of halogens is 2. The van der Waals surface area contributed by atoms with Gasteiger partial charge in [0.1, 0.15) is 11.6 Å². The molecule has 3 aromatic rings. The third kappa shape index (κ3) is 4.58. The van der Waals surface area contributed by atoms with Gasteiger partial charge in [0, 0.05) is 17.5 Å². The molecule has 31 heavy (non-hydrogen) atoms. The molecule has 1 heterocycles. The molecule has 0 saturated heterocycles. The Morgan fingerprint density at radius 2 is 1.94 bits per heavy atom. The van der Waals surface area contributed by atoms with Gasteiger partial charge in [-0.3, -0.25) is 0 Å². The van der Waals surface area contributed by atoms with Gasteiger partial charge in [0.2, 0.25) is 0 Å². The van der Waals surface area contributed by atoms with Gasteiger partial charge >= 0.3 is 0 Å². The zero-order chi connectivity index (χ0) is 22.3. The summed E-state index contributed by atoms with van der Waals surface area (Å²) in [5.74, 6) is 1.32. The van der Waals surface area contributed by atoms with Crippen molar-refractivity contribution in [3.63, 3.8) is 0 Å². The SMILES string of the molecule is COc1cc(Cl)c(-c2nc(N(C)[C@@H](CC3CC3)c3ccc(C)c(F)c3)sc2C)cc1C. The normalized spacial score (nSPS) is 14.5. The Labute approximate surface area is 192 Å². The average molecular weight is 459 g/mol. The zero-order valence-electron chi connectivity index (χ0n) is 18.6. The first-order valence-corrected chi connectivity index (χ1v) is 11.8. The number of thiazole rings is 1. The van der Waals surface area contributed by atoms with Gasteiger partial charge < -0.3 is 9.64 Å². The number of hydrogen-bond donors (Lipinski definition) is 0. The Balaban J connectivity index is 1.70. The summed E-state index contributed by atoms with van der Waals surface area (Å²) in [6.45, 7) is 5.88. The van der Waals surface area contributed by atoms with Crippen LogP contribution in [0.15, 0.2) is 30.3 Å². The molecule has 0 bridgehead atoms. The van der Waals surface area contributed by atoms with Crippen molar-refractivity contribution in [1.29, 1.82) is 0 Å². The summed E-state index contributed by atoms with van der Waals surface area (Å²) in [6, 6.07) is 9.58. The molecule has 0 amide bonds. The van der Waals surface area contributed by atoms with E-state index in [0.717, 1.165) is 44.6 Å². The minimum atomic E-state index is -0.150. The van der Waals surface area contributed by atoms with Crippen molar-refractivity contribution in [3.05, 3.63) is 62.7 Å². The maximum absolute atomic E-state index is 14.3. The molecule has 0 unspecified atom stereocenters. The first-order chi connectivity index (χ1) is 14.8. The second kappa shape index (κ2) is 8.79. The molecule has 1 fully saturated rings. The third-order valence-electron chi connectivity index (χ3n) is 6.13. The van der Waals surface area contributed by atoms with E-state index in [9.17, 15) is 4.39 Å². The number of nitrogens with zero attached hydrogens (tertiary/aromatic N) is 2. The Kier molecular flexibility index (Phi) is 6.27. The van der Waals surface area contributed by atoms with Crippen molar-refractivity contribution in [2.75, 3.05) is 19.1 Å². The van der Waals surface area contributed by atoms with E-state index < -0.39 is 0 Å². The predicted molar refractivity (Wildman–Crippen MR) is 128 cm³/mol. The minimum Gasteiger partial charge on any atom is -0.496 e. The van der Waals surface area contributed by atoms with E-state index >= 15 is 0 Å². The summed E-state index contributed by atoms with van der Waals surface area (Å²) in [6.07, 6.45) is 3.51. The molecular formula is C25H28ClFN2OS. The van der Waals surface area contributed by atoms with E-state index in [1.807, 2.05) is 31.2 Å². The van der Waals surface area contributed by atoms with Gasteiger partial charge in [-0.15, -0.1) is 11.3 Å². The van der Waals surface area contributed by atoms with Crippen LogP contribution in [0, 0.1) is 32.5 Å². The summed E-state index contributed by atoms with van der Waals surface area (Å²) < 4.78 is 19.7. The lowest BCUT2D eigenvalue weighted by Gasteiger charge is -2.28. The lowest BCUT2D eigenvalue weighted by molar-refractivity contribution is 0.412. The molecule has 2 aromatic carbocycles. The van der Waals surface area contributed by atoms with Crippen LogP contribution in [0.3, 0.4) is 0 Å². The molecule has 0 radical (unpaired) electrons. The second-order valence-electron chi connectivity index (χ2n) is 8.52. The Hall–Kier alpha value is -2.11. The molecule has 0 spiro atoms. The Bertz CT molecular complexity index is 1110. The predicted octanol–water partition coefficient (Wildman–Crippen LogP) is 7.51. The molecule has 0 N–H and O–H groups in total. The topological polar surface area (TPSA) is 25.4 Å². The Morgan fingerprint density at radius 1 is 1.19 bits per heavy atom. The number of aryl methyl sites for hydroxylation is 3. The van der Waals surface area contributed by atoms with Gasteiger partial charge in [0.15, 0.2) is 5.13 Å². The fraction of sp³-hybridized carbons (Fsp3) is 0.400. The van der Waals surface area contributed by atoms with E-state index in [0.29, 0.717) is 16.5 Å². The van der Waals surface area contributed by atoms with E-state index in [-0.39, 0.29) is 11.9 Å². The molecule has 1 aromatic heterocycles. The van der Waals surface area contributed by atoms with Crippen LogP contribution in [0.2, 0.25) is 5.02 Å². The summed E-state index contributed by atoms with van der Waals surface area (Å²) in [4.78, 5) is 8.28. The number of methoxy groups -OCH3 is 1. The van der Waals surface area contributed by atoms with E-state index in [1.165, 1.54) is 12.8 Å². The molecular weight excluding hydrogens is 431 g/mol. The van der Waals surface area contributed by atoms with Crippen LogP contribution in [0.5, 0.6) is 5.75 Å². The third-order valence-corrected chi connectivity index (χ3v) is 7.50. The molecule has 1 atom stereocenters. The number of hydrogen-bond acceptors (Lipinski definition) is 4. The van der Waals surface area contributed by atoms with Crippen LogP contribution in [0.4, 0.5) is 9.52 Å². The van der Waals surface area contributed by atoms with Gasteiger partial charge in [-0.1, -0.05) is 36.6 Å². The molecule has 1 saturated carbocycles. The van der Waals surface area contributed by atoms with Gasteiger partial charge in [0.25, 0.3) is 0 Å². The number of benzene rings is 2. The van der Waals surface area contributed by atoms with Crippen molar-refractivity contribution in [3.8, 4) is 17.0 Å². The van der Waals surface area contributed by atoms with Crippen molar-refractivity contribution in [1.82, 2.24) is 4.98 Å². The standard InChI is InChI=1S/C25H28ClFN2OS/c1-14-6-9-18(12-21(14)27)22(11-17-7-8-17)29(4)25-28-24(16(3)31-25)19-10-15(2)23(30-5)13-20(19)26/h6,9-10,12-13,17,22H,7-8,11H2,1-5H3/t22-/m0/s1. The van der Waals surface area contributed by atoms with Crippen molar-refractivity contribution in [2.24, 2.45) is 5.92 Å². The van der Waals surface area contributed by atoms with Crippen LogP contribution < -0.4 is 9.64 Å². The highest BCUT2D eigenvalue weighted by Gasteiger charge is 2.30. The smallest absolute Gasteiger partial charge is 0.186 e. The molecule has 0 aliphatic heterocycles. The quantitative estimate of drug-likeness (QED) is 0.366. The Morgan fingerprint density at radius 3 is 2.58 bits per heavy atom. The highest BCUT2D eigenvalue weighted by molar-refractivity contribution is 7.16. The lowest BCUT2D eigenvalue weighted by Crippen LogP contribution is -2.24. The van der Waals surface area contributed by atoms with E-state index in [1.54, 1.807) is 31.4 Å². The van der Waals surface area contributed by atoms with Crippen molar-refractivity contribution in [2.45, 2.75) is 46.1 Å². The zero-order valence-corrected chi connectivity index (χ0v) is 20.2. The van der Waals surface area contributed by atoms with Crippen LogP contribution >= 0.6 is 22.9 Å². The fourth-order valence-corrected chi connectivity index (χ4v) is 5.16. The van der Waals surface area contributed by atoms with Gasteiger partial charge in [-0.25, -0.2) is 9.37 Å². The van der Waals surface area contributed by atoms with Crippen molar-refractivity contribution >= 4 is 28.1 Å². The maximum Gasteiger partial charge on any atom is 0.186 e. The van der Waals surface area contributed by atoms with Crippen molar-refractivity contribution < 1.29 is 9.13 Å². The largest absolute Gasteiger partial charge is 0.496 e. The lowest BCUT2D eigenvalue weighted by atomic mass is 9.99. The summed E-state index contributed by atoms with van der Waals surface area (Å²) in [5.41, 5.74) is 4.50. The van der Waals surface area contributed by atoms with Crippen LogP contribution in [0.25, 0.3) is 11.3 Å². The highest BCUT2D eigenvalue weighted by atomic mass is 35.5. The molecule has 1 aliphatic carbocycles. The second-order valence-corrected chi connectivity index (χ2v) is 10.1. The number of ether oxygens (including phenoxy) is 1. The molecule has 1 aliphatic rings. The fourth-order valence-electron chi connectivity index (χ4n) is 3.98. The summed E-state index contributed by atoms with van der Waals surface area (Å²) >= 11 is 8.22. The minimum absolute atomic E-state index is 0.0917. The van der Waals surface area contributed by atoms with Crippen LogP contribution in [-0.4, -0.2) is 19.1 Å². The van der Waals surface area contributed by atoms with Crippen LogP contribution in [0.1, 0.15) is 46.9 Å². The maximum atomic E-state index is 14.3.